The van der Waals surface area contributed by atoms with Gasteiger partial charge in [-0.2, -0.15) is 18.4 Å². The first-order valence-electron chi connectivity index (χ1n) is 5.87. The lowest BCUT2D eigenvalue weighted by atomic mass is 10.1. The maximum atomic E-state index is 12.9. The van der Waals surface area contributed by atoms with E-state index in [2.05, 4.69) is 0 Å². The second kappa shape index (κ2) is 4.80. The minimum Gasteiger partial charge on any atom is -0.390 e. The van der Waals surface area contributed by atoms with E-state index in [1.165, 1.54) is 12.1 Å². The molecule has 0 saturated carbocycles. The van der Waals surface area contributed by atoms with Crippen molar-refractivity contribution in [1.82, 2.24) is 0 Å². The molecule has 2 atom stereocenters. The average Bonchev–Trinajstić information content (AvgIpc) is 2.61. The number of halogens is 3. The summed E-state index contributed by atoms with van der Waals surface area (Å²) in [7, 11) is 0. The summed E-state index contributed by atoms with van der Waals surface area (Å²) in [5.41, 5.74) is -1.55. The highest BCUT2D eigenvalue weighted by atomic mass is 19.4. The van der Waals surface area contributed by atoms with Gasteiger partial charge >= 0.3 is 6.18 Å². The molecule has 106 valence electrons. The van der Waals surface area contributed by atoms with Crippen LogP contribution in [0.5, 0.6) is 0 Å². The summed E-state index contributed by atoms with van der Waals surface area (Å²) in [6.45, 7) is 1.56. The Morgan fingerprint density at radius 1 is 1.45 bits per heavy atom. The number of alkyl halides is 3. The molecule has 1 aliphatic rings. The number of rotatable bonds is 1. The molecule has 0 unspecified atom stereocenters. The number of nitriles is 1. The fourth-order valence-corrected chi connectivity index (χ4v) is 2.24. The van der Waals surface area contributed by atoms with Gasteiger partial charge in [-0.25, -0.2) is 0 Å². The van der Waals surface area contributed by atoms with Gasteiger partial charge in [0.2, 0.25) is 5.91 Å². The van der Waals surface area contributed by atoms with Gasteiger partial charge in [0.15, 0.2) is 0 Å². The number of carbonyl (C=O) groups is 1. The third-order valence-corrected chi connectivity index (χ3v) is 3.32. The molecule has 1 aromatic carbocycles. The van der Waals surface area contributed by atoms with Crippen molar-refractivity contribution >= 4 is 11.6 Å². The van der Waals surface area contributed by atoms with Gasteiger partial charge in [-0.15, -0.1) is 0 Å². The zero-order valence-electron chi connectivity index (χ0n) is 10.5. The Balaban J connectivity index is 2.50. The molecule has 4 nitrogen and oxygen atoms in total. The maximum absolute atomic E-state index is 12.9. The topological polar surface area (TPSA) is 64.3 Å². The van der Waals surface area contributed by atoms with E-state index < -0.39 is 35.4 Å². The van der Waals surface area contributed by atoms with Gasteiger partial charge in [-0.1, -0.05) is 0 Å². The summed E-state index contributed by atoms with van der Waals surface area (Å²) >= 11 is 0. The molecule has 20 heavy (non-hydrogen) atoms. The molecule has 7 heteroatoms. The van der Waals surface area contributed by atoms with Crippen LogP contribution in [0.1, 0.15) is 24.5 Å². The summed E-state index contributed by atoms with van der Waals surface area (Å²) in [6, 6.07) is 3.96. The predicted octanol–water partition coefficient (Wildman–Crippen LogP) is 2.06. The number of amides is 1. The molecule has 0 aliphatic carbocycles. The summed E-state index contributed by atoms with van der Waals surface area (Å²) in [4.78, 5) is 12.9. The van der Waals surface area contributed by atoms with Gasteiger partial charge in [-0.05, 0) is 25.1 Å². The van der Waals surface area contributed by atoms with Gasteiger partial charge in [-0.3, -0.25) is 4.79 Å². The van der Waals surface area contributed by atoms with Gasteiger partial charge < -0.3 is 10.0 Å². The number of nitrogens with zero attached hydrogens (tertiary/aromatic N) is 2. The van der Waals surface area contributed by atoms with E-state index in [4.69, 9.17) is 5.26 Å². The van der Waals surface area contributed by atoms with Crippen LogP contribution in [-0.2, 0) is 11.0 Å². The molecule has 2 rings (SSSR count). The summed E-state index contributed by atoms with van der Waals surface area (Å²) in [6.07, 6.45) is -5.71. The highest BCUT2D eigenvalue weighted by molar-refractivity contribution is 5.97. The summed E-state index contributed by atoms with van der Waals surface area (Å²) in [5, 5.41) is 18.3. The molecule has 0 spiro atoms. The van der Waals surface area contributed by atoms with E-state index in [0.717, 1.165) is 17.0 Å². The number of anilines is 1. The fourth-order valence-electron chi connectivity index (χ4n) is 2.24. The second-order valence-corrected chi connectivity index (χ2v) is 4.62. The molecule has 0 radical (unpaired) electrons. The van der Waals surface area contributed by atoms with Crippen LogP contribution < -0.4 is 4.90 Å². The molecule has 1 saturated heterocycles. The minimum absolute atomic E-state index is 0.0328. The van der Waals surface area contributed by atoms with E-state index in [9.17, 15) is 23.1 Å². The highest BCUT2D eigenvalue weighted by Gasteiger charge is 2.39. The Morgan fingerprint density at radius 2 is 2.10 bits per heavy atom. The first-order valence-corrected chi connectivity index (χ1v) is 5.87. The zero-order chi connectivity index (χ0) is 15.1. The Labute approximate surface area is 113 Å². The lowest BCUT2D eigenvalue weighted by Crippen LogP contribution is -2.34. The average molecular weight is 284 g/mol. The van der Waals surface area contributed by atoms with E-state index in [1.807, 2.05) is 0 Å². The Bertz CT molecular complexity index is 592. The highest BCUT2D eigenvalue weighted by Crippen LogP contribution is 2.36. The summed E-state index contributed by atoms with van der Waals surface area (Å²) in [5.74, 6) is -0.442. The van der Waals surface area contributed by atoms with Crippen LogP contribution in [0, 0.1) is 11.3 Å². The Morgan fingerprint density at radius 3 is 2.55 bits per heavy atom. The molecule has 1 heterocycles. The standard InChI is InChI=1S/C13H11F3N2O2/c1-7-11(19)5-12(20)18(7)9-3-2-8(6-17)10(4-9)13(14,15)16/h2-4,7,11,19H,5H2,1H3/t7-,11-/m0/s1. The van der Waals surface area contributed by atoms with Gasteiger partial charge in [0, 0.05) is 5.69 Å². The van der Waals surface area contributed by atoms with Crippen molar-refractivity contribution in [3.8, 4) is 6.07 Å². The molecule has 1 N–H and O–H groups in total. The van der Waals surface area contributed by atoms with Crippen LogP contribution in [0.2, 0.25) is 0 Å². The number of hydrogen-bond donors (Lipinski definition) is 1. The van der Waals surface area contributed by atoms with E-state index in [1.54, 1.807) is 6.92 Å². The van der Waals surface area contributed by atoms with Crippen LogP contribution in [0.15, 0.2) is 18.2 Å². The SMILES string of the molecule is C[C@H]1[C@@H](O)CC(=O)N1c1ccc(C#N)c(C(F)(F)F)c1. The van der Waals surface area contributed by atoms with Crippen molar-refractivity contribution in [3.63, 3.8) is 0 Å². The van der Waals surface area contributed by atoms with Crippen molar-refractivity contribution in [2.75, 3.05) is 4.90 Å². The quantitative estimate of drug-likeness (QED) is 0.858. The third-order valence-electron chi connectivity index (χ3n) is 3.32. The fraction of sp³-hybridized carbons (Fsp3) is 0.385. The normalized spacial score (nSPS) is 23.0. The van der Waals surface area contributed by atoms with Gasteiger partial charge in [0.25, 0.3) is 0 Å². The second-order valence-electron chi connectivity index (χ2n) is 4.62. The van der Waals surface area contributed by atoms with Crippen LogP contribution in [0.3, 0.4) is 0 Å². The molecular formula is C13H11F3N2O2. The molecule has 1 aromatic rings. The first kappa shape index (κ1) is 14.3. The molecule has 1 amide bonds. The maximum Gasteiger partial charge on any atom is 0.417 e. The summed E-state index contributed by atoms with van der Waals surface area (Å²) < 4.78 is 38.6. The number of hydrogen-bond acceptors (Lipinski definition) is 3. The van der Waals surface area contributed by atoms with Crippen molar-refractivity contribution in [2.45, 2.75) is 31.7 Å². The van der Waals surface area contributed by atoms with Gasteiger partial charge in [0.1, 0.15) is 0 Å². The van der Waals surface area contributed by atoms with E-state index >= 15 is 0 Å². The molecule has 0 bridgehead atoms. The van der Waals surface area contributed by atoms with Crippen molar-refractivity contribution in [3.05, 3.63) is 29.3 Å². The molecule has 0 aromatic heterocycles. The lowest BCUT2D eigenvalue weighted by molar-refractivity contribution is -0.137. The zero-order valence-corrected chi connectivity index (χ0v) is 10.5. The number of aliphatic hydroxyl groups is 1. The van der Waals surface area contributed by atoms with Crippen LogP contribution in [-0.4, -0.2) is 23.2 Å². The molecular weight excluding hydrogens is 273 g/mol. The van der Waals surface area contributed by atoms with E-state index in [0.29, 0.717) is 0 Å². The van der Waals surface area contributed by atoms with Gasteiger partial charge in [0.05, 0.1) is 35.8 Å². The van der Waals surface area contributed by atoms with Crippen LogP contribution in [0.4, 0.5) is 18.9 Å². The molecule has 1 fully saturated rings. The monoisotopic (exact) mass is 284 g/mol. The number of benzene rings is 1. The van der Waals surface area contributed by atoms with Crippen molar-refractivity contribution in [1.29, 1.82) is 5.26 Å². The van der Waals surface area contributed by atoms with Crippen LogP contribution in [0.25, 0.3) is 0 Å². The predicted molar refractivity (Wildman–Crippen MR) is 63.7 cm³/mol. The Hall–Kier alpha value is -2.07. The van der Waals surface area contributed by atoms with Crippen molar-refractivity contribution in [2.24, 2.45) is 0 Å². The molecule has 1 aliphatic heterocycles. The largest absolute Gasteiger partial charge is 0.417 e. The van der Waals surface area contributed by atoms with E-state index in [-0.39, 0.29) is 12.1 Å². The Kier molecular flexibility index (Phi) is 3.44. The smallest absolute Gasteiger partial charge is 0.390 e. The number of aliphatic hydroxyl groups excluding tert-OH is 1. The van der Waals surface area contributed by atoms with Crippen molar-refractivity contribution < 1.29 is 23.1 Å². The lowest BCUT2D eigenvalue weighted by Gasteiger charge is -2.24. The third kappa shape index (κ3) is 2.34. The first-order chi connectivity index (χ1) is 9.25. The minimum atomic E-state index is -4.67. The number of carbonyl (C=O) groups excluding carboxylic acids is 1. The van der Waals surface area contributed by atoms with Crippen LogP contribution >= 0.6 is 0 Å².